The van der Waals surface area contributed by atoms with Crippen LogP contribution in [0.5, 0.6) is 0 Å². The summed E-state index contributed by atoms with van der Waals surface area (Å²) in [6, 6.07) is 0. The van der Waals surface area contributed by atoms with Crippen molar-refractivity contribution in [2.75, 3.05) is 0 Å². The Hall–Kier alpha value is -1.34. The molecule has 0 heterocycles. The maximum absolute atomic E-state index is 9.91. The number of hydrogen-bond donors (Lipinski definition) is 1. The second-order valence-electron chi connectivity index (χ2n) is 8.15. The van der Waals surface area contributed by atoms with E-state index in [4.69, 9.17) is 0 Å². The molecule has 0 aliphatic heterocycles. The van der Waals surface area contributed by atoms with Gasteiger partial charge in [0.25, 0.3) is 0 Å². The minimum atomic E-state index is -0.745. The summed E-state index contributed by atoms with van der Waals surface area (Å²) in [4.78, 5) is 0. The minimum Gasteiger partial charge on any atom is -0.386 e. The van der Waals surface area contributed by atoms with Crippen molar-refractivity contribution in [3.63, 3.8) is 0 Å². The van der Waals surface area contributed by atoms with Crippen LogP contribution in [0.1, 0.15) is 92.9 Å². The smallest absolute Gasteiger partial charge is 0.0800 e. The first-order valence-corrected chi connectivity index (χ1v) is 10.1. The van der Waals surface area contributed by atoms with Gasteiger partial charge in [-0.25, -0.2) is 0 Å². The van der Waals surface area contributed by atoms with Crippen LogP contribution in [0.3, 0.4) is 0 Å². The summed E-state index contributed by atoms with van der Waals surface area (Å²) in [5, 5.41) is 9.91. The van der Waals surface area contributed by atoms with E-state index in [0.29, 0.717) is 0 Å². The zero-order valence-corrected chi connectivity index (χ0v) is 18.2. The lowest BCUT2D eigenvalue weighted by Crippen LogP contribution is -2.19. The fourth-order valence-corrected chi connectivity index (χ4v) is 2.70. The van der Waals surface area contributed by atoms with Crippen molar-refractivity contribution in [2.24, 2.45) is 0 Å². The second kappa shape index (κ2) is 13.8. The summed E-state index contributed by atoms with van der Waals surface area (Å²) < 4.78 is 0. The zero-order valence-electron chi connectivity index (χ0n) is 18.2. The third-order valence-corrected chi connectivity index (χ3v) is 4.74. The van der Waals surface area contributed by atoms with Gasteiger partial charge in [-0.2, -0.15) is 0 Å². The van der Waals surface area contributed by atoms with Gasteiger partial charge in [-0.3, -0.25) is 0 Å². The molecule has 0 fully saturated rings. The van der Waals surface area contributed by atoms with Gasteiger partial charge in [0, 0.05) is 0 Å². The van der Waals surface area contributed by atoms with Crippen LogP contribution in [0.4, 0.5) is 0 Å². The fraction of sp³-hybridized carbons (Fsp3) is 0.600. The van der Waals surface area contributed by atoms with Crippen molar-refractivity contribution in [3.05, 3.63) is 59.3 Å². The lowest BCUT2D eigenvalue weighted by molar-refractivity contribution is 0.103. The molecule has 0 spiro atoms. The third kappa shape index (κ3) is 15.0. The molecule has 1 atom stereocenters. The van der Waals surface area contributed by atoms with Gasteiger partial charge >= 0.3 is 0 Å². The normalized spacial score (nSPS) is 15.6. The van der Waals surface area contributed by atoms with Crippen LogP contribution in [-0.2, 0) is 0 Å². The van der Waals surface area contributed by atoms with Crippen molar-refractivity contribution in [1.29, 1.82) is 0 Å². The molecule has 1 heteroatoms. The van der Waals surface area contributed by atoms with E-state index in [2.05, 4.69) is 65.5 Å². The molecule has 1 N–H and O–H groups in total. The van der Waals surface area contributed by atoms with Crippen molar-refractivity contribution in [3.8, 4) is 0 Å². The highest BCUT2D eigenvalue weighted by molar-refractivity contribution is 5.07. The summed E-state index contributed by atoms with van der Waals surface area (Å²) in [7, 11) is 0. The highest BCUT2D eigenvalue weighted by Crippen LogP contribution is 2.16. The van der Waals surface area contributed by atoms with E-state index in [-0.39, 0.29) is 0 Å². The predicted octanol–water partition coefficient (Wildman–Crippen LogP) is 7.85. The van der Waals surface area contributed by atoms with Crippen LogP contribution in [0.15, 0.2) is 59.3 Å². The van der Waals surface area contributed by atoms with Gasteiger partial charge in [0.05, 0.1) is 5.60 Å². The molecule has 0 aromatic rings. The number of aliphatic hydroxyl groups is 1. The Morgan fingerprint density at radius 2 is 1.12 bits per heavy atom. The van der Waals surface area contributed by atoms with Crippen LogP contribution in [0.2, 0.25) is 0 Å². The number of rotatable bonds is 13. The van der Waals surface area contributed by atoms with Crippen LogP contribution in [0.25, 0.3) is 0 Å². The van der Waals surface area contributed by atoms with E-state index in [1.807, 2.05) is 6.92 Å². The molecule has 0 unspecified atom stereocenters. The average molecular weight is 359 g/mol. The Balaban J connectivity index is 4.06. The largest absolute Gasteiger partial charge is 0.386 e. The van der Waals surface area contributed by atoms with Crippen LogP contribution in [-0.4, -0.2) is 10.7 Å². The van der Waals surface area contributed by atoms with E-state index in [0.717, 1.165) is 44.9 Å². The standard InChI is InChI=1S/C25H42O/c1-8-25(7,26)20-12-19-24(6)18-11-17-23(5)16-10-15-22(4)14-9-13-21(2)3/h8,13,15,17,19,26H,1,9-12,14,16,18,20H2,2-7H3/b22-15+,23-17+,24-19+/t25-/m1/s1. The quantitative estimate of drug-likeness (QED) is 0.332. The maximum atomic E-state index is 9.91. The van der Waals surface area contributed by atoms with Gasteiger partial charge in [-0.1, -0.05) is 52.7 Å². The first kappa shape index (κ1) is 24.7. The summed E-state index contributed by atoms with van der Waals surface area (Å²) in [6.45, 7) is 16.5. The van der Waals surface area contributed by atoms with Crippen LogP contribution in [0, 0.1) is 0 Å². The Labute approximate surface area is 163 Å². The van der Waals surface area contributed by atoms with Gasteiger partial charge < -0.3 is 5.11 Å². The summed E-state index contributed by atoms with van der Waals surface area (Å²) in [6.07, 6.45) is 19.5. The zero-order chi connectivity index (χ0) is 20.0. The molecule has 0 aliphatic carbocycles. The van der Waals surface area contributed by atoms with Crippen LogP contribution >= 0.6 is 0 Å². The molecule has 0 bridgehead atoms. The van der Waals surface area contributed by atoms with Crippen molar-refractivity contribution < 1.29 is 5.11 Å². The Morgan fingerprint density at radius 1 is 0.731 bits per heavy atom. The molecular weight excluding hydrogens is 316 g/mol. The molecule has 0 aliphatic rings. The molecule has 0 saturated heterocycles. The molecule has 148 valence electrons. The Bertz CT molecular complexity index is 522. The van der Waals surface area contributed by atoms with Gasteiger partial charge in [-0.15, -0.1) is 6.58 Å². The van der Waals surface area contributed by atoms with Crippen LogP contribution < -0.4 is 0 Å². The molecule has 0 radical (unpaired) electrons. The minimum absolute atomic E-state index is 0.738. The van der Waals surface area contributed by atoms with Gasteiger partial charge in [0.2, 0.25) is 0 Å². The van der Waals surface area contributed by atoms with E-state index in [9.17, 15) is 5.11 Å². The van der Waals surface area contributed by atoms with E-state index in [1.165, 1.54) is 28.7 Å². The highest BCUT2D eigenvalue weighted by atomic mass is 16.3. The SMILES string of the molecule is C=C[C@@](C)(O)CC/C=C(\C)CC/C=C(\C)CC/C=C(\C)CCC=C(C)C. The van der Waals surface area contributed by atoms with Crippen molar-refractivity contribution >= 4 is 0 Å². The van der Waals surface area contributed by atoms with Crippen molar-refractivity contribution in [2.45, 2.75) is 98.5 Å². The molecule has 1 nitrogen and oxygen atoms in total. The predicted molar refractivity (Wildman–Crippen MR) is 118 cm³/mol. The van der Waals surface area contributed by atoms with E-state index >= 15 is 0 Å². The molecule has 0 aromatic carbocycles. The average Bonchev–Trinajstić information content (AvgIpc) is 2.54. The first-order chi connectivity index (χ1) is 12.2. The second-order valence-corrected chi connectivity index (χ2v) is 8.15. The molecule has 26 heavy (non-hydrogen) atoms. The number of hydrogen-bond acceptors (Lipinski definition) is 1. The number of allylic oxidation sites excluding steroid dienone is 8. The maximum Gasteiger partial charge on any atom is 0.0800 e. The Kier molecular flexibility index (Phi) is 13.1. The molecule has 0 rings (SSSR count). The van der Waals surface area contributed by atoms with Gasteiger partial charge in [0.1, 0.15) is 0 Å². The van der Waals surface area contributed by atoms with E-state index in [1.54, 1.807) is 6.08 Å². The van der Waals surface area contributed by atoms with E-state index < -0.39 is 5.60 Å². The summed E-state index contributed by atoms with van der Waals surface area (Å²) in [5.74, 6) is 0. The molecule has 0 aromatic heterocycles. The Morgan fingerprint density at radius 3 is 1.50 bits per heavy atom. The lowest BCUT2D eigenvalue weighted by Gasteiger charge is -2.16. The summed E-state index contributed by atoms with van der Waals surface area (Å²) in [5.41, 5.74) is 5.06. The first-order valence-electron chi connectivity index (χ1n) is 10.1. The highest BCUT2D eigenvalue weighted by Gasteiger charge is 2.13. The molecule has 0 amide bonds. The topological polar surface area (TPSA) is 20.2 Å². The van der Waals surface area contributed by atoms with Gasteiger partial charge in [-0.05, 0) is 92.9 Å². The third-order valence-electron chi connectivity index (χ3n) is 4.74. The fourth-order valence-electron chi connectivity index (χ4n) is 2.70. The molecule has 0 saturated carbocycles. The molecular formula is C25H42O. The van der Waals surface area contributed by atoms with Gasteiger partial charge in [0.15, 0.2) is 0 Å². The summed E-state index contributed by atoms with van der Waals surface area (Å²) >= 11 is 0. The lowest BCUT2D eigenvalue weighted by atomic mass is 9.99. The van der Waals surface area contributed by atoms with Crippen molar-refractivity contribution in [1.82, 2.24) is 0 Å². The monoisotopic (exact) mass is 358 g/mol.